The maximum atomic E-state index is 13.2. The minimum Gasteiger partial charge on any atom is -0.469 e. The van der Waals surface area contributed by atoms with E-state index in [0.29, 0.717) is 0 Å². The van der Waals surface area contributed by atoms with Gasteiger partial charge in [-0.1, -0.05) is 26.5 Å². The van der Waals surface area contributed by atoms with Crippen molar-refractivity contribution in [1.29, 1.82) is 0 Å². The highest BCUT2D eigenvalue weighted by molar-refractivity contribution is 6.18. The second kappa shape index (κ2) is 11.5. The third kappa shape index (κ3) is 5.27. The molecule has 0 amide bonds. The van der Waals surface area contributed by atoms with Gasteiger partial charge < -0.3 is 33.9 Å². The van der Waals surface area contributed by atoms with Gasteiger partial charge in [0.15, 0.2) is 12.2 Å². The number of aliphatic hydroxyl groups excluding tert-OH is 2. The number of halogens is 1. The van der Waals surface area contributed by atoms with E-state index in [2.05, 4.69) is 6.58 Å². The normalized spacial score (nSPS) is 35.7. The molecule has 0 saturated carbocycles. The van der Waals surface area contributed by atoms with E-state index >= 15 is 0 Å². The standard InChI is InChI=1S/C25H33ClO11/c1-6-13(9-27)23(31)35-17-15-12(4)22(30)36-19(15)20(28)25(10-26)8-7-14(37-25)16(24(32)33-5)18(17)34-21(29)11(2)3/h6,11,14-20,27-28H,4,7-10H2,1-3,5H3. The SMILES string of the molecule is C=C1C(=O)OC2C1C(OC(=O)C(=CC)CO)C(OC(=O)C(C)C)C(C(=O)OC)C1CCC(CCl)(O1)C2O. The van der Waals surface area contributed by atoms with E-state index in [1.54, 1.807) is 13.8 Å². The molecule has 3 fully saturated rings. The van der Waals surface area contributed by atoms with Crippen LogP contribution in [0.3, 0.4) is 0 Å². The Balaban J connectivity index is 2.26. The average Bonchev–Trinajstić information content (AvgIpc) is 3.44. The van der Waals surface area contributed by atoms with Crippen LogP contribution < -0.4 is 0 Å². The molecule has 2 bridgehead atoms. The molecule has 3 saturated heterocycles. The summed E-state index contributed by atoms with van der Waals surface area (Å²) < 4.78 is 28.2. The fourth-order valence-electron chi connectivity index (χ4n) is 5.07. The van der Waals surface area contributed by atoms with Gasteiger partial charge in [-0.25, -0.2) is 9.59 Å². The summed E-state index contributed by atoms with van der Waals surface area (Å²) in [5.41, 5.74) is -1.70. The van der Waals surface area contributed by atoms with Crippen molar-refractivity contribution in [2.75, 3.05) is 19.6 Å². The number of carbonyl (C=O) groups excluding carboxylic acids is 4. The number of alkyl halides is 1. The predicted molar refractivity (Wildman–Crippen MR) is 127 cm³/mol. The van der Waals surface area contributed by atoms with Gasteiger partial charge in [-0.15, -0.1) is 11.6 Å². The first kappa shape index (κ1) is 29.1. The monoisotopic (exact) mass is 544 g/mol. The maximum Gasteiger partial charge on any atom is 0.336 e. The van der Waals surface area contributed by atoms with Crippen molar-refractivity contribution in [3.63, 3.8) is 0 Å². The van der Waals surface area contributed by atoms with Crippen molar-refractivity contribution in [2.45, 2.75) is 69.7 Å². The number of methoxy groups -OCH3 is 1. The zero-order valence-electron chi connectivity index (χ0n) is 21.2. The Morgan fingerprint density at radius 3 is 2.49 bits per heavy atom. The fraction of sp³-hybridized carbons (Fsp3) is 0.680. The summed E-state index contributed by atoms with van der Waals surface area (Å²) in [6.45, 7) is 7.78. The van der Waals surface area contributed by atoms with Gasteiger partial charge in [-0.05, 0) is 19.8 Å². The van der Waals surface area contributed by atoms with Gasteiger partial charge in [0, 0.05) is 5.57 Å². The van der Waals surface area contributed by atoms with Crippen LogP contribution in [0, 0.1) is 17.8 Å². The summed E-state index contributed by atoms with van der Waals surface area (Å²) in [5.74, 6) is -6.81. The van der Waals surface area contributed by atoms with E-state index in [1.165, 1.54) is 13.0 Å². The molecule has 3 rings (SSSR count). The number of fused-ring (bicyclic) bond motifs is 3. The zero-order chi connectivity index (χ0) is 27.7. The fourth-order valence-corrected chi connectivity index (χ4v) is 5.43. The number of aliphatic hydroxyl groups is 2. The molecule has 0 aromatic heterocycles. The molecule has 3 aliphatic rings. The lowest BCUT2D eigenvalue weighted by atomic mass is 9.76. The number of esters is 4. The van der Waals surface area contributed by atoms with Gasteiger partial charge in [0.25, 0.3) is 0 Å². The van der Waals surface area contributed by atoms with E-state index in [0.717, 1.165) is 7.11 Å². The van der Waals surface area contributed by atoms with Crippen LogP contribution >= 0.6 is 11.6 Å². The number of hydrogen-bond donors (Lipinski definition) is 2. The Bertz CT molecular complexity index is 976. The molecule has 37 heavy (non-hydrogen) atoms. The van der Waals surface area contributed by atoms with E-state index < -0.39 is 84.4 Å². The largest absolute Gasteiger partial charge is 0.469 e. The summed E-state index contributed by atoms with van der Waals surface area (Å²) in [6.07, 6.45) is -5.13. The second-order valence-electron chi connectivity index (χ2n) is 9.71. The number of rotatable bonds is 7. The van der Waals surface area contributed by atoms with Crippen LogP contribution in [0.15, 0.2) is 23.8 Å². The van der Waals surface area contributed by atoms with Gasteiger partial charge in [-0.2, -0.15) is 0 Å². The lowest BCUT2D eigenvalue weighted by Crippen LogP contribution is -2.55. The highest BCUT2D eigenvalue weighted by Crippen LogP contribution is 2.48. The lowest BCUT2D eigenvalue weighted by Gasteiger charge is -2.38. The van der Waals surface area contributed by atoms with Crippen molar-refractivity contribution in [2.24, 2.45) is 17.8 Å². The van der Waals surface area contributed by atoms with Crippen molar-refractivity contribution >= 4 is 35.5 Å². The Morgan fingerprint density at radius 1 is 1.27 bits per heavy atom. The zero-order valence-corrected chi connectivity index (χ0v) is 21.9. The van der Waals surface area contributed by atoms with Crippen LogP contribution in [-0.4, -0.2) is 89.8 Å². The third-order valence-corrected chi connectivity index (χ3v) is 7.68. The Kier molecular flexibility index (Phi) is 9.05. The molecule has 3 heterocycles. The number of allylic oxidation sites excluding steroid dienone is 1. The van der Waals surface area contributed by atoms with Gasteiger partial charge in [-0.3, -0.25) is 9.59 Å². The van der Waals surface area contributed by atoms with Gasteiger partial charge >= 0.3 is 23.9 Å². The lowest BCUT2D eigenvalue weighted by molar-refractivity contribution is -0.190. The minimum absolute atomic E-state index is 0.119. The molecule has 11 nitrogen and oxygen atoms in total. The summed E-state index contributed by atoms with van der Waals surface area (Å²) in [7, 11) is 1.14. The van der Waals surface area contributed by atoms with E-state index in [9.17, 15) is 29.4 Å². The molecular weight excluding hydrogens is 512 g/mol. The first-order valence-corrected chi connectivity index (χ1v) is 12.6. The number of ether oxygens (including phenoxy) is 5. The Labute approximate surface area is 219 Å². The third-order valence-electron chi connectivity index (χ3n) is 7.23. The molecule has 0 spiro atoms. The van der Waals surface area contributed by atoms with Crippen LogP contribution in [0.1, 0.15) is 33.6 Å². The van der Waals surface area contributed by atoms with Crippen LogP contribution in [-0.2, 0) is 42.9 Å². The second-order valence-corrected chi connectivity index (χ2v) is 9.97. The summed E-state index contributed by atoms with van der Waals surface area (Å²) >= 11 is 6.25. The first-order chi connectivity index (χ1) is 17.5. The van der Waals surface area contributed by atoms with Crippen molar-refractivity contribution in [3.8, 4) is 0 Å². The average molecular weight is 545 g/mol. The highest BCUT2D eigenvalue weighted by Gasteiger charge is 2.63. The smallest absolute Gasteiger partial charge is 0.336 e. The summed E-state index contributed by atoms with van der Waals surface area (Å²) in [5, 5.41) is 21.0. The topological polar surface area (TPSA) is 155 Å². The van der Waals surface area contributed by atoms with E-state index in [4.69, 9.17) is 35.3 Å². The van der Waals surface area contributed by atoms with Gasteiger partial charge in [0.1, 0.15) is 23.7 Å². The van der Waals surface area contributed by atoms with Crippen LogP contribution in [0.4, 0.5) is 0 Å². The first-order valence-electron chi connectivity index (χ1n) is 12.0. The molecular formula is C25H33ClO11. The van der Waals surface area contributed by atoms with E-state index in [-0.39, 0.29) is 29.9 Å². The Morgan fingerprint density at radius 2 is 1.95 bits per heavy atom. The quantitative estimate of drug-likeness (QED) is 0.202. The predicted octanol–water partition coefficient (Wildman–Crippen LogP) is 0.823. The van der Waals surface area contributed by atoms with Crippen molar-refractivity contribution in [3.05, 3.63) is 23.8 Å². The number of hydrogen-bond acceptors (Lipinski definition) is 11. The van der Waals surface area contributed by atoms with Crippen molar-refractivity contribution in [1.82, 2.24) is 0 Å². The summed E-state index contributed by atoms with van der Waals surface area (Å²) in [6, 6.07) is 0. The Hall–Kier alpha value is -2.47. The molecule has 0 aromatic carbocycles. The van der Waals surface area contributed by atoms with Crippen LogP contribution in [0.5, 0.6) is 0 Å². The molecule has 3 aliphatic heterocycles. The van der Waals surface area contributed by atoms with Gasteiger partial charge in [0.05, 0.1) is 43.1 Å². The molecule has 0 aromatic rings. The van der Waals surface area contributed by atoms with Crippen LogP contribution in [0.25, 0.3) is 0 Å². The van der Waals surface area contributed by atoms with Gasteiger partial charge in [0.2, 0.25) is 0 Å². The minimum atomic E-state index is -1.55. The molecule has 0 radical (unpaired) electrons. The van der Waals surface area contributed by atoms with E-state index in [1.807, 2.05) is 0 Å². The highest BCUT2D eigenvalue weighted by atomic mass is 35.5. The molecule has 206 valence electrons. The van der Waals surface area contributed by atoms with Crippen molar-refractivity contribution < 1.29 is 53.1 Å². The maximum absolute atomic E-state index is 13.2. The molecule has 8 atom stereocenters. The molecule has 0 aliphatic carbocycles. The molecule has 2 N–H and O–H groups in total. The summed E-state index contributed by atoms with van der Waals surface area (Å²) in [4.78, 5) is 51.8. The molecule has 8 unspecified atom stereocenters. The molecule has 12 heteroatoms. The number of carbonyl (C=O) groups is 4. The van der Waals surface area contributed by atoms with Crippen LogP contribution in [0.2, 0.25) is 0 Å².